The Kier molecular flexibility index (Phi) is 8.63. The molecule has 34 heavy (non-hydrogen) atoms. The van der Waals surface area contributed by atoms with Crippen LogP contribution in [-0.4, -0.2) is 39.5 Å². The number of nitrogens with one attached hydrogen (secondary N) is 1. The molecule has 1 amide bonds. The summed E-state index contributed by atoms with van der Waals surface area (Å²) < 4.78 is 1.47. The van der Waals surface area contributed by atoms with Crippen molar-refractivity contribution in [3.8, 4) is 5.69 Å². The minimum Gasteiger partial charge on any atom is -0.334 e. The van der Waals surface area contributed by atoms with Crippen molar-refractivity contribution in [2.45, 2.75) is 59.3 Å². The Bertz CT molecular complexity index is 1180. The Morgan fingerprint density at radius 2 is 1.62 bits per heavy atom. The molecule has 1 heterocycles. The van der Waals surface area contributed by atoms with Crippen LogP contribution < -0.4 is 5.56 Å². The molecule has 1 N–H and O–H groups in total. The predicted octanol–water partition coefficient (Wildman–Crippen LogP) is 4.91. The van der Waals surface area contributed by atoms with Crippen molar-refractivity contribution in [3.63, 3.8) is 0 Å². The van der Waals surface area contributed by atoms with Gasteiger partial charge in [0, 0.05) is 12.2 Å². The number of para-hydroxylation sites is 1. The highest BCUT2D eigenvalue weighted by molar-refractivity contribution is 6.00. The number of hydrogen-bond acceptors (Lipinski definition) is 3. The number of aromatic nitrogens is 2. The molecule has 1 aromatic heterocycles. The van der Waals surface area contributed by atoms with E-state index in [2.05, 4.69) is 5.10 Å². The topological polar surface area (TPSA) is 75.2 Å². The van der Waals surface area contributed by atoms with Gasteiger partial charge in [0.15, 0.2) is 5.78 Å². The van der Waals surface area contributed by atoms with Gasteiger partial charge >= 0.3 is 0 Å². The first-order chi connectivity index (χ1) is 16.5. The molecule has 0 aliphatic heterocycles. The Morgan fingerprint density at radius 3 is 2.24 bits per heavy atom. The zero-order valence-electron chi connectivity index (χ0n) is 20.6. The molecule has 1 atom stereocenters. The molecule has 1 unspecified atom stereocenters. The Labute approximate surface area is 201 Å². The SMILES string of the molecule is CCCN(CC(=O)c1c(CC)[nH]n(-c2ccccc2CC)c1=O)C(=O)C(CC)c1ccccc1. The van der Waals surface area contributed by atoms with Crippen molar-refractivity contribution in [2.75, 3.05) is 13.1 Å². The third-order valence-electron chi connectivity index (χ3n) is 6.26. The average Bonchev–Trinajstić information content (AvgIpc) is 3.20. The maximum Gasteiger partial charge on any atom is 0.282 e. The second-order valence-corrected chi connectivity index (χ2v) is 8.50. The summed E-state index contributed by atoms with van der Waals surface area (Å²) in [6.45, 7) is 8.27. The monoisotopic (exact) mass is 461 g/mol. The first-order valence-electron chi connectivity index (χ1n) is 12.3. The summed E-state index contributed by atoms with van der Waals surface area (Å²) in [5.74, 6) is -0.713. The summed E-state index contributed by atoms with van der Waals surface area (Å²) in [4.78, 5) is 41.9. The van der Waals surface area contributed by atoms with Gasteiger partial charge in [-0.05, 0) is 42.9 Å². The molecule has 0 spiro atoms. The van der Waals surface area contributed by atoms with E-state index < -0.39 is 0 Å². The normalized spacial score (nSPS) is 11.9. The van der Waals surface area contributed by atoms with Crippen LogP contribution in [0.25, 0.3) is 5.69 Å². The number of amides is 1. The van der Waals surface area contributed by atoms with Crippen LogP contribution in [0.5, 0.6) is 0 Å². The number of Topliss-reactive ketones (excluding diaryl/α,β-unsaturated/α-hetero) is 1. The molecule has 2 aromatic carbocycles. The molecule has 0 aliphatic carbocycles. The number of benzene rings is 2. The summed E-state index contributed by atoms with van der Waals surface area (Å²) >= 11 is 0. The highest BCUT2D eigenvalue weighted by atomic mass is 16.2. The Balaban J connectivity index is 1.94. The summed E-state index contributed by atoms with van der Waals surface area (Å²) in [6.07, 6.45) is 2.65. The van der Waals surface area contributed by atoms with Crippen molar-refractivity contribution in [1.82, 2.24) is 14.7 Å². The molecule has 6 nitrogen and oxygen atoms in total. The minimum atomic E-state index is -0.359. The molecule has 0 saturated heterocycles. The van der Waals surface area contributed by atoms with E-state index in [0.717, 1.165) is 29.7 Å². The molecule has 0 aliphatic rings. The van der Waals surface area contributed by atoms with E-state index in [0.29, 0.717) is 25.1 Å². The number of carbonyl (C=O) groups excluding carboxylic acids is 2. The van der Waals surface area contributed by atoms with Crippen LogP contribution >= 0.6 is 0 Å². The fourth-order valence-electron chi connectivity index (χ4n) is 4.47. The third-order valence-corrected chi connectivity index (χ3v) is 6.26. The van der Waals surface area contributed by atoms with Crippen molar-refractivity contribution in [2.24, 2.45) is 0 Å². The summed E-state index contributed by atoms with van der Waals surface area (Å²) in [7, 11) is 0. The van der Waals surface area contributed by atoms with Crippen LogP contribution in [0.3, 0.4) is 0 Å². The molecular formula is C28H35N3O3. The lowest BCUT2D eigenvalue weighted by Crippen LogP contribution is -2.40. The van der Waals surface area contributed by atoms with Crippen LogP contribution in [0.1, 0.15) is 73.6 Å². The highest BCUT2D eigenvalue weighted by Crippen LogP contribution is 2.23. The summed E-state index contributed by atoms with van der Waals surface area (Å²) in [5.41, 5.74) is 3.10. The van der Waals surface area contributed by atoms with Crippen LogP contribution in [0.15, 0.2) is 59.4 Å². The highest BCUT2D eigenvalue weighted by Gasteiger charge is 2.28. The predicted molar refractivity (Wildman–Crippen MR) is 136 cm³/mol. The van der Waals surface area contributed by atoms with E-state index in [1.54, 1.807) is 4.90 Å². The van der Waals surface area contributed by atoms with Gasteiger partial charge < -0.3 is 4.90 Å². The lowest BCUT2D eigenvalue weighted by molar-refractivity contribution is -0.132. The Hall–Kier alpha value is -3.41. The van der Waals surface area contributed by atoms with Crippen LogP contribution in [0, 0.1) is 0 Å². The van der Waals surface area contributed by atoms with Gasteiger partial charge in [-0.25, -0.2) is 4.68 Å². The third kappa shape index (κ3) is 5.22. The van der Waals surface area contributed by atoms with Crippen molar-refractivity contribution >= 4 is 11.7 Å². The molecule has 0 fully saturated rings. The molecular weight excluding hydrogens is 426 g/mol. The van der Waals surface area contributed by atoms with Crippen LogP contribution in [0.4, 0.5) is 0 Å². The zero-order chi connectivity index (χ0) is 24.7. The second-order valence-electron chi connectivity index (χ2n) is 8.50. The van der Waals surface area contributed by atoms with E-state index in [1.165, 1.54) is 4.68 Å². The second kappa shape index (κ2) is 11.6. The standard InChI is InChI=1S/C28H35N3O3/c1-5-18-30(27(33)22(7-3)21-15-10-9-11-16-21)19-25(32)26-23(8-4)29-31(28(26)34)24-17-13-12-14-20(24)6-2/h9-17,22,29H,5-8,18-19H2,1-4H3. The number of rotatable bonds is 11. The van der Waals surface area contributed by atoms with Crippen molar-refractivity contribution in [3.05, 3.63) is 87.3 Å². The fraction of sp³-hybridized carbons (Fsp3) is 0.393. The molecule has 0 saturated carbocycles. The van der Waals surface area contributed by atoms with Crippen molar-refractivity contribution < 1.29 is 9.59 Å². The zero-order valence-corrected chi connectivity index (χ0v) is 20.6. The fourth-order valence-corrected chi connectivity index (χ4v) is 4.47. The quantitative estimate of drug-likeness (QED) is 0.413. The molecule has 6 heteroatoms. The largest absolute Gasteiger partial charge is 0.334 e. The molecule has 0 bridgehead atoms. The first-order valence-corrected chi connectivity index (χ1v) is 12.3. The Morgan fingerprint density at radius 1 is 0.941 bits per heavy atom. The van der Waals surface area contributed by atoms with E-state index in [1.807, 2.05) is 82.3 Å². The van der Waals surface area contributed by atoms with Gasteiger partial charge in [0.2, 0.25) is 5.91 Å². The average molecular weight is 462 g/mol. The van der Waals surface area contributed by atoms with Crippen LogP contribution in [0.2, 0.25) is 0 Å². The number of aromatic amines is 1. The van der Waals surface area contributed by atoms with Crippen LogP contribution in [-0.2, 0) is 17.6 Å². The summed E-state index contributed by atoms with van der Waals surface area (Å²) in [6, 6.07) is 17.3. The minimum absolute atomic E-state index is 0.0749. The van der Waals surface area contributed by atoms with Gasteiger partial charge in [-0.2, -0.15) is 0 Å². The molecule has 0 radical (unpaired) electrons. The van der Waals surface area contributed by atoms with E-state index >= 15 is 0 Å². The number of aryl methyl sites for hydroxylation is 2. The lowest BCUT2D eigenvalue weighted by atomic mass is 9.94. The van der Waals surface area contributed by atoms with Gasteiger partial charge in [0.25, 0.3) is 5.56 Å². The number of carbonyl (C=O) groups is 2. The maximum absolute atomic E-state index is 13.5. The first kappa shape index (κ1) is 25.2. The smallest absolute Gasteiger partial charge is 0.282 e. The lowest BCUT2D eigenvalue weighted by Gasteiger charge is -2.26. The number of nitrogens with zero attached hydrogens (tertiary/aromatic N) is 2. The number of H-pyrrole nitrogens is 1. The summed E-state index contributed by atoms with van der Waals surface area (Å²) in [5, 5.41) is 3.15. The van der Waals surface area contributed by atoms with E-state index in [-0.39, 0.29) is 35.3 Å². The van der Waals surface area contributed by atoms with Crippen molar-refractivity contribution in [1.29, 1.82) is 0 Å². The van der Waals surface area contributed by atoms with E-state index in [4.69, 9.17) is 0 Å². The van der Waals surface area contributed by atoms with Gasteiger partial charge in [0.1, 0.15) is 5.56 Å². The van der Waals surface area contributed by atoms with E-state index in [9.17, 15) is 14.4 Å². The van der Waals surface area contributed by atoms with Gasteiger partial charge in [-0.1, -0.05) is 76.2 Å². The molecule has 180 valence electrons. The number of hydrogen-bond donors (Lipinski definition) is 1. The molecule has 3 aromatic rings. The maximum atomic E-state index is 13.5. The molecule has 3 rings (SSSR count). The van der Waals surface area contributed by atoms with Gasteiger partial charge in [-0.3, -0.25) is 19.5 Å². The van der Waals surface area contributed by atoms with Gasteiger partial charge in [0.05, 0.1) is 18.2 Å². The van der Waals surface area contributed by atoms with Gasteiger partial charge in [-0.15, -0.1) is 0 Å². The number of ketones is 1.